The first-order valence-electron chi connectivity index (χ1n) is 8.90. The summed E-state index contributed by atoms with van der Waals surface area (Å²) in [6, 6.07) is 13.3. The van der Waals surface area contributed by atoms with Crippen LogP contribution in [0.3, 0.4) is 0 Å². The Bertz CT molecular complexity index is 1130. The zero-order valence-electron chi connectivity index (χ0n) is 15.2. The topological polar surface area (TPSA) is 20.2 Å². The molecule has 1 nitrogen and oxygen atoms in total. The Morgan fingerprint density at radius 1 is 1.00 bits per heavy atom. The van der Waals surface area contributed by atoms with Crippen molar-refractivity contribution in [3.05, 3.63) is 86.1 Å². The maximum Gasteiger partial charge on any atom is -1.00 e. The Labute approximate surface area is 187 Å². The molecule has 0 aromatic heterocycles. The molecule has 0 unspecified atom stereocenters. The summed E-state index contributed by atoms with van der Waals surface area (Å²) in [5.41, 5.74) is 5.65. The van der Waals surface area contributed by atoms with E-state index in [-0.39, 0.29) is 31.4 Å². The van der Waals surface area contributed by atoms with Crippen LogP contribution < -0.4 is 35.3 Å². The molecule has 2 aliphatic rings. The van der Waals surface area contributed by atoms with Crippen LogP contribution in [0.25, 0.3) is 14.9 Å². The van der Waals surface area contributed by atoms with E-state index < -0.39 is 0 Å². The molecule has 4 heteroatoms. The van der Waals surface area contributed by atoms with Gasteiger partial charge in [0.05, 0.1) is 0 Å². The predicted molar refractivity (Wildman–Crippen MR) is 99.5 cm³/mol. The number of allylic oxidation sites excluding steroid dienone is 4. The molecule has 0 aliphatic heterocycles. The maximum absolute atomic E-state index is 9.10. The Kier molecular flexibility index (Phi) is 7.89. The fourth-order valence-electron chi connectivity index (χ4n) is 3.97. The number of benzene rings is 2. The number of aliphatic hydroxyl groups is 1. The van der Waals surface area contributed by atoms with Gasteiger partial charge in [-0.05, 0) is 0 Å². The quantitative estimate of drug-likeness (QED) is 0.510. The van der Waals surface area contributed by atoms with E-state index in [9.17, 15) is 0 Å². The minimum absolute atomic E-state index is 0. The van der Waals surface area contributed by atoms with Gasteiger partial charge in [-0.15, -0.1) is 0 Å². The molecule has 0 bridgehead atoms. The van der Waals surface area contributed by atoms with Crippen molar-refractivity contribution in [3.63, 3.8) is 0 Å². The van der Waals surface area contributed by atoms with Gasteiger partial charge in [0.1, 0.15) is 0 Å². The molecule has 0 amide bonds. The summed E-state index contributed by atoms with van der Waals surface area (Å²) in [6.45, 7) is 2.40. The second-order valence-corrected chi connectivity index (χ2v) is 7.87. The first-order valence-corrected chi connectivity index (χ1v) is 10.1. The monoisotopic (exact) mass is 473 g/mol. The molecular weight excluding hydrogens is 454 g/mol. The molecule has 0 fully saturated rings. The summed E-state index contributed by atoms with van der Waals surface area (Å²) in [5.74, 6) is 0. The van der Waals surface area contributed by atoms with E-state index in [1.807, 2.05) is 0 Å². The first-order chi connectivity index (χ1) is 12.2. The van der Waals surface area contributed by atoms with Crippen LogP contribution in [0.2, 0.25) is 0 Å². The van der Waals surface area contributed by atoms with E-state index in [4.69, 9.17) is 5.11 Å². The molecule has 0 heterocycles. The summed E-state index contributed by atoms with van der Waals surface area (Å²) in [5, 5.41) is 14.6. The van der Waals surface area contributed by atoms with Crippen molar-refractivity contribution in [1.29, 1.82) is 0 Å². The fourth-order valence-corrected chi connectivity index (χ4v) is 5.15. The van der Waals surface area contributed by atoms with Gasteiger partial charge in [-0.3, -0.25) is 0 Å². The van der Waals surface area contributed by atoms with Crippen molar-refractivity contribution in [2.45, 2.75) is 26.2 Å². The summed E-state index contributed by atoms with van der Waals surface area (Å²) in [6.07, 6.45) is 9.72. The molecule has 0 spiro atoms. The number of halogens is 2. The molecule has 137 valence electrons. The van der Waals surface area contributed by atoms with Crippen molar-refractivity contribution in [1.82, 2.24) is 0 Å². The Morgan fingerprint density at radius 2 is 1.74 bits per heavy atom. The van der Waals surface area contributed by atoms with Gasteiger partial charge in [-0.2, -0.15) is 0 Å². The van der Waals surface area contributed by atoms with Crippen LogP contribution in [-0.4, -0.2) is 11.7 Å². The molecule has 1 N–H and O–H groups in total. The Hall–Kier alpha value is -0.917. The van der Waals surface area contributed by atoms with Gasteiger partial charge in [0, 0.05) is 0 Å². The average Bonchev–Trinajstić information content (AvgIpc) is 3.23. The third kappa shape index (κ3) is 3.96. The number of hydrogen-bond donors (Lipinski definition) is 1. The molecule has 0 atom stereocenters. The molecular formula is C23H21Cl2OZr. The Balaban J connectivity index is 0.00000131. The Morgan fingerprint density at radius 3 is 2.44 bits per heavy atom. The van der Waals surface area contributed by atoms with E-state index in [2.05, 4.69) is 61.5 Å². The third-order valence-corrected chi connectivity index (χ3v) is 6.45. The number of fused-ring (bicyclic) bond motifs is 2. The molecule has 4 rings (SSSR count). The molecule has 0 saturated heterocycles. The van der Waals surface area contributed by atoms with Crippen molar-refractivity contribution in [2.24, 2.45) is 0 Å². The van der Waals surface area contributed by atoms with Gasteiger partial charge in [-0.1, -0.05) is 0 Å². The smallest absolute Gasteiger partial charge is 1.00 e. The van der Waals surface area contributed by atoms with Crippen LogP contribution in [0.4, 0.5) is 0 Å². The van der Waals surface area contributed by atoms with E-state index in [1.165, 1.54) is 71.1 Å². The van der Waals surface area contributed by atoms with Gasteiger partial charge in [0.2, 0.25) is 0 Å². The van der Waals surface area contributed by atoms with Gasteiger partial charge < -0.3 is 24.8 Å². The predicted octanol–water partition coefficient (Wildman–Crippen LogP) is -2.72. The third-order valence-electron chi connectivity index (χ3n) is 5.17. The fraction of sp³-hybridized carbons (Fsp3) is 0.217. The number of rotatable bonds is 4. The van der Waals surface area contributed by atoms with Crippen molar-refractivity contribution < 1.29 is 54.6 Å². The van der Waals surface area contributed by atoms with Gasteiger partial charge in [0.15, 0.2) is 0 Å². The van der Waals surface area contributed by atoms with Gasteiger partial charge >= 0.3 is 164 Å². The normalized spacial score (nSPS) is 14.8. The standard InChI is InChI=1S/C23H21O.2ClH.Zr/c1-2-17-11-12-21-20-8-4-3-7-18(20)15-22(21)23(17)19-10-9-16(14-19)6-5-13-24;;;/h2-4,7-9,11-12,14,24H,5-6,10,13H2,1H3;2*1H;/q;;;+2/p-2. The largest absolute Gasteiger partial charge is 1.00 e. The zero-order chi connectivity index (χ0) is 17.4. The van der Waals surface area contributed by atoms with Gasteiger partial charge in [-0.25, -0.2) is 0 Å². The van der Waals surface area contributed by atoms with Crippen LogP contribution in [0.15, 0.2) is 54.1 Å². The van der Waals surface area contributed by atoms with E-state index in [1.54, 1.807) is 0 Å². The molecule has 2 aliphatic carbocycles. The molecule has 2 aromatic carbocycles. The zero-order valence-corrected chi connectivity index (χ0v) is 19.2. The van der Waals surface area contributed by atoms with Crippen LogP contribution in [0.5, 0.6) is 0 Å². The summed E-state index contributed by atoms with van der Waals surface area (Å²) < 4.78 is 1.47. The van der Waals surface area contributed by atoms with E-state index >= 15 is 0 Å². The summed E-state index contributed by atoms with van der Waals surface area (Å²) in [7, 11) is 0. The second-order valence-electron chi connectivity index (χ2n) is 6.64. The first kappa shape index (κ1) is 22.4. The molecule has 27 heavy (non-hydrogen) atoms. The van der Waals surface area contributed by atoms with Crippen molar-refractivity contribution in [3.8, 4) is 0 Å². The summed E-state index contributed by atoms with van der Waals surface area (Å²) >= 11 is 1.47. The minimum Gasteiger partial charge on any atom is -1.00 e. The van der Waals surface area contributed by atoms with Crippen LogP contribution >= 0.6 is 0 Å². The minimum atomic E-state index is 0. The van der Waals surface area contributed by atoms with Crippen molar-refractivity contribution >= 4 is 14.9 Å². The molecule has 0 saturated carbocycles. The van der Waals surface area contributed by atoms with Crippen molar-refractivity contribution in [2.75, 3.05) is 6.61 Å². The average molecular weight is 476 g/mol. The number of aliphatic hydroxyl groups excluding tert-OH is 1. The van der Waals surface area contributed by atoms with Gasteiger partial charge in [0.25, 0.3) is 0 Å². The van der Waals surface area contributed by atoms with Crippen LogP contribution in [0.1, 0.15) is 37.3 Å². The van der Waals surface area contributed by atoms with Crippen LogP contribution in [0, 0.1) is 10.4 Å². The van der Waals surface area contributed by atoms with E-state index in [0.717, 1.165) is 19.3 Å². The van der Waals surface area contributed by atoms with Crippen LogP contribution in [-0.2, 0) is 24.7 Å². The SMILES string of the molecule is CC=c1ccc2c(c1C1=CC(CCCO)=CC1)[C]([Zr+2])=c1ccccc1=2.[Cl-].[Cl-]. The molecule has 2 aromatic rings. The maximum atomic E-state index is 9.10. The second kappa shape index (κ2) is 9.52. The van der Waals surface area contributed by atoms with E-state index in [0.29, 0.717) is 0 Å². The summed E-state index contributed by atoms with van der Waals surface area (Å²) in [4.78, 5) is 0. The number of hydrogen-bond acceptors (Lipinski definition) is 1. The molecule has 0 radical (unpaired) electrons.